The van der Waals surface area contributed by atoms with Gasteiger partial charge in [0, 0.05) is 22.6 Å². The van der Waals surface area contributed by atoms with Crippen LogP contribution in [0.3, 0.4) is 0 Å². The maximum atomic E-state index is 13.3. The van der Waals surface area contributed by atoms with Gasteiger partial charge in [0.25, 0.3) is 5.91 Å². The predicted octanol–water partition coefficient (Wildman–Crippen LogP) is 5.21. The molecule has 0 spiro atoms. The molecule has 33 heavy (non-hydrogen) atoms. The molecule has 0 saturated heterocycles. The van der Waals surface area contributed by atoms with Gasteiger partial charge in [0.1, 0.15) is 10.9 Å². The number of aryl methyl sites for hydroxylation is 2. The number of thioether (sulfide) groups is 1. The van der Waals surface area contributed by atoms with Crippen LogP contribution in [0.15, 0.2) is 70.3 Å². The second-order valence-corrected chi connectivity index (χ2v) is 8.89. The van der Waals surface area contributed by atoms with Crippen molar-refractivity contribution in [3.8, 4) is 5.69 Å². The molecule has 8 heteroatoms. The highest BCUT2D eigenvalue weighted by molar-refractivity contribution is 8.27. The van der Waals surface area contributed by atoms with Crippen molar-refractivity contribution in [3.63, 3.8) is 0 Å². The van der Waals surface area contributed by atoms with E-state index in [1.54, 1.807) is 18.2 Å². The molecule has 0 bridgehead atoms. The SMILES string of the molecule is Cc1ccc(-n2c(C)cc(/C=C3\C(=N)N4N=C(c5ccc(F)cc5)SC4=NC3=O)c2C)cc1. The van der Waals surface area contributed by atoms with Gasteiger partial charge >= 0.3 is 0 Å². The first-order chi connectivity index (χ1) is 15.8. The molecule has 0 atom stereocenters. The first-order valence-corrected chi connectivity index (χ1v) is 11.2. The van der Waals surface area contributed by atoms with Gasteiger partial charge in [-0.25, -0.2) is 4.39 Å². The van der Waals surface area contributed by atoms with E-state index >= 15 is 0 Å². The van der Waals surface area contributed by atoms with Gasteiger partial charge < -0.3 is 4.57 Å². The Morgan fingerprint density at radius 3 is 2.42 bits per heavy atom. The molecule has 0 saturated carbocycles. The minimum Gasteiger partial charge on any atom is -0.318 e. The fourth-order valence-electron chi connectivity index (χ4n) is 3.88. The fourth-order valence-corrected chi connectivity index (χ4v) is 4.78. The lowest BCUT2D eigenvalue weighted by Crippen LogP contribution is -2.35. The monoisotopic (exact) mass is 457 g/mol. The standard InChI is InChI=1S/C25H20FN5OS/c1-14-4-10-20(11-5-14)30-15(2)12-18(16(30)3)13-21-22(27)31-25(28-23(21)32)33-24(29-31)17-6-8-19(26)9-7-17/h4-13,27H,1-3H3/b21-13+,27-22?. The Bertz CT molecular complexity index is 1400. The van der Waals surface area contributed by atoms with Crippen molar-refractivity contribution in [1.29, 1.82) is 5.41 Å². The molecule has 0 fully saturated rings. The number of aromatic nitrogens is 1. The number of aliphatic imine (C=N–C) groups is 1. The quantitative estimate of drug-likeness (QED) is 0.549. The van der Waals surface area contributed by atoms with Crippen LogP contribution in [0, 0.1) is 32.0 Å². The second kappa shape index (κ2) is 7.97. The molecule has 2 aromatic carbocycles. The van der Waals surface area contributed by atoms with Crippen LogP contribution in [0.1, 0.15) is 28.1 Å². The zero-order valence-electron chi connectivity index (χ0n) is 18.3. The van der Waals surface area contributed by atoms with E-state index < -0.39 is 5.91 Å². The van der Waals surface area contributed by atoms with E-state index in [4.69, 9.17) is 5.41 Å². The van der Waals surface area contributed by atoms with E-state index in [2.05, 4.69) is 38.9 Å². The van der Waals surface area contributed by atoms with E-state index in [-0.39, 0.29) is 17.2 Å². The van der Waals surface area contributed by atoms with Gasteiger partial charge in [0.05, 0.1) is 5.57 Å². The highest BCUT2D eigenvalue weighted by Gasteiger charge is 2.36. The summed E-state index contributed by atoms with van der Waals surface area (Å²) in [4.78, 5) is 17.0. The third-order valence-corrected chi connectivity index (χ3v) is 6.57. The summed E-state index contributed by atoms with van der Waals surface area (Å²) in [6.07, 6.45) is 1.70. The number of hydrogen-bond donors (Lipinski definition) is 1. The van der Waals surface area contributed by atoms with Gasteiger partial charge in [-0.15, -0.1) is 0 Å². The Morgan fingerprint density at radius 1 is 1.03 bits per heavy atom. The van der Waals surface area contributed by atoms with Gasteiger partial charge in [0.2, 0.25) is 5.17 Å². The molecule has 3 aromatic rings. The molecular formula is C25H20FN5OS. The van der Waals surface area contributed by atoms with Crippen molar-refractivity contribution >= 4 is 39.8 Å². The van der Waals surface area contributed by atoms with Crippen molar-refractivity contribution in [1.82, 2.24) is 9.58 Å². The zero-order chi connectivity index (χ0) is 23.3. The average molecular weight is 458 g/mol. The molecule has 6 nitrogen and oxygen atoms in total. The number of rotatable bonds is 3. The minimum absolute atomic E-state index is 0.0326. The third-order valence-electron chi connectivity index (χ3n) is 5.61. The minimum atomic E-state index is -0.477. The Morgan fingerprint density at radius 2 is 1.73 bits per heavy atom. The lowest BCUT2D eigenvalue weighted by atomic mass is 10.1. The molecule has 1 N–H and O–H groups in total. The highest BCUT2D eigenvalue weighted by Crippen LogP contribution is 2.32. The third kappa shape index (κ3) is 3.72. The number of amides is 1. The summed E-state index contributed by atoms with van der Waals surface area (Å²) in [5.74, 6) is -0.849. The van der Waals surface area contributed by atoms with Crippen LogP contribution in [-0.4, -0.2) is 31.5 Å². The van der Waals surface area contributed by atoms with Crippen LogP contribution in [0.4, 0.5) is 4.39 Å². The fraction of sp³-hybridized carbons (Fsp3) is 0.120. The van der Waals surface area contributed by atoms with E-state index in [9.17, 15) is 9.18 Å². The summed E-state index contributed by atoms with van der Waals surface area (Å²) >= 11 is 1.19. The van der Waals surface area contributed by atoms with Crippen LogP contribution in [0.5, 0.6) is 0 Å². The Labute approximate surface area is 194 Å². The first kappa shape index (κ1) is 21.1. The molecule has 1 aromatic heterocycles. The van der Waals surface area contributed by atoms with Crippen LogP contribution in [-0.2, 0) is 4.79 Å². The highest BCUT2D eigenvalue weighted by atomic mass is 32.2. The van der Waals surface area contributed by atoms with Crippen molar-refractivity contribution in [3.05, 3.63) is 94.1 Å². The van der Waals surface area contributed by atoms with Gasteiger partial charge in [-0.3, -0.25) is 10.2 Å². The van der Waals surface area contributed by atoms with Gasteiger partial charge in [-0.05, 0) is 86.6 Å². The van der Waals surface area contributed by atoms with Crippen LogP contribution in [0.2, 0.25) is 0 Å². The summed E-state index contributed by atoms with van der Waals surface area (Å²) < 4.78 is 15.4. The second-order valence-electron chi connectivity index (χ2n) is 7.93. The van der Waals surface area contributed by atoms with Crippen molar-refractivity contribution in [2.45, 2.75) is 20.8 Å². The topological polar surface area (TPSA) is 73.8 Å². The largest absolute Gasteiger partial charge is 0.318 e. The summed E-state index contributed by atoms with van der Waals surface area (Å²) in [5, 5.41) is 15.3. The van der Waals surface area contributed by atoms with Gasteiger partial charge in [0.15, 0.2) is 5.84 Å². The molecule has 5 rings (SSSR count). The van der Waals surface area contributed by atoms with Crippen molar-refractivity contribution in [2.24, 2.45) is 10.1 Å². The number of halogens is 1. The number of carbonyl (C=O) groups is 1. The molecule has 0 radical (unpaired) electrons. The number of fused-ring (bicyclic) bond motifs is 1. The summed E-state index contributed by atoms with van der Waals surface area (Å²) in [5.41, 5.74) is 5.92. The number of hydrogen-bond acceptors (Lipinski definition) is 4. The summed E-state index contributed by atoms with van der Waals surface area (Å²) in [6, 6.07) is 16.2. The number of amidine groups is 2. The van der Waals surface area contributed by atoms with Crippen LogP contribution < -0.4 is 0 Å². The van der Waals surface area contributed by atoms with Gasteiger partial charge in [-0.1, -0.05) is 17.7 Å². The first-order valence-electron chi connectivity index (χ1n) is 10.3. The van der Waals surface area contributed by atoms with E-state index in [1.807, 2.05) is 26.8 Å². The molecule has 2 aliphatic rings. The zero-order valence-corrected chi connectivity index (χ0v) is 19.1. The molecule has 164 valence electrons. The van der Waals surface area contributed by atoms with E-state index in [0.29, 0.717) is 15.8 Å². The molecule has 2 aliphatic heterocycles. The number of nitrogens with zero attached hydrogens (tertiary/aromatic N) is 4. The smallest absolute Gasteiger partial charge is 0.283 e. The normalized spacial score (nSPS) is 16.8. The van der Waals surface area contributed by atoms with Crippen LogP contribution in [0.25, 0.3) is 11.8 Å². The number of hydrazone groups is 1. The molecular weight excluding hydrogens is 437 g/mol. The Hall–Kier alpha value is -3.78. The number of nitrogens with one attached hydrogen (secondary N) is 1. The maximum Gasteiger partial charge on any atom is 0.283 e. The lowest BCUT2D eigenvalue weighted by molar-refractivity contribution is -0.114. The average Bonchev–Trinajstić information content (AvgIpc) is 3.33. The predicted molar refractivity (Wildman–Crippen MR) is 130 cm³/mol. The van der Waals surface area contributed by atoms with Gasteiger partial charge in [-0.2, -0.15) is 15.1 Å². The summed E-state index contributed by atoms with van der Waals surface area (Å²) in [7, 11) is 0. The van der Waals surface area contributed by atoms with Crippen molar-refractivity contribution in [2.75, 3.05) is 0 Å². The van der Waals surface area contributed by atoms with Crippen molar-refractivity contribution < 1.29 is 9.18 Å². The molecule has 0 unspecified atom stereocenters. The molecule has 1 amide bonds. The number of carbonyl (C=O) groups excluding carboxylic acids is 1. The van der Waals surface area contributed by atoms with Crippen LogP contribution >= 0.6 is 11.8 Å². The van der Waals surface area contributed by atoms with E-state index in [1.165, 1.54) is 34.5 Å². The maximum absolute atomic E-state index is 13.3. The van der Waals surface area contributed by atoms with E-state index in [0.717, 1.165) is 22.6 Å². The number of benzene rings is 2. The molecule has 0 aliphatic carbocycles. The Balaban J connectivity index is 1.50. The lowest BCUT2D eigenvalue weighted by Gasteiger charge is -2.20. The molecule has 3 heterocycles. The Kier molecular flexibility index (Phi) is 5.09. The summed E-state index contributed by atoms with van der Waals surface area (Å²) in [6.45, 7) is 6.04.